The van der Waals surface area contributed by atoms with Crippen molar-refractivity contribution in [3.8, 4) is 17.1 Å². The van der Waals surface area contributed by atoms with Crippen LogP contribution in [0.3, 0.4) is 0 Å². The molecule has 1 aromatic heterocycles. The van der Waals surface area contributed by atoms with Crippen molar-refractivity contribution < 1.29 is 27.5 Å². The Balaban J connectivity index is 1.53. The van der Waals surface area contributed by atoms with Crippen LogP contribution in [0.25, 0.3) is 11.3 Å². The van der Waals surface area contributed by atoms with E-state index < -0.39 is 21.7 Å². The van der Waals surface area contributed by atoms with Crippen molar-refractivity contribution in [2.75, 3.05) is 11.3 Å². The van der Waals surface area contributed by atoms with E-state index >= 15 is 0 Å². The second-order valence-corrected chi connectivity index (χ2v) is 18.6. The van der Waals surface area contributed by atoms with Crippen LogP contribution in [0.1, 0.15) is 103 Å². The summed E-state index contributed by atoms with van der Waals surface area (Å²) in [7, 11) is -4.18. The number of hydrogen-bond acceptors (Lipinski definition) is 8. The van der Waals surface area contributed by atoms with Crippen molar-refractivity contribution in [2.45, 2.75) is 124 Å². The Kier molecular flexibility index (Phi) is 10.5. The number of ether oxygens (including phenoxy) is 2. The number of benzene rings is 2. The molecule has 1 fully saturated rings. The average molecular weight is 720 g/mol. The Morgan fingerprint density at radius 2 is 1.71 bits per heavy atom. The molecule has 2 aromatic carbocycles. The van der Waals surface area contributed by atoms with Gasteiger partial charge in [0.2, 0.25) is 11.8 Å². The molecule has 276 valence electrons. The number of rotatable bonds is 6. The van der Waals surface area contributed by atoms with Gasteiger partial charge in [-0.3, -0.25) is 4.79 Å². The second kappa shape index (κ2) is 14.1. The van der Waals surface area contributed by atoms with E-state index in [2.05, 4.69) is 47.7 Å². The maximum Gasteiger partial charge on any atom is 0.407 e. The van der Waals surface area contributed by atoms with Gasteiger partial charge in [0, 0.05) is 29.3 Å². The summed E-state index contributed by atoms with van der Waals surface area (Å²) >= 11 is 0. The smallest absolute Gasteiger partial charge is 0.407 e. The predicted octanol–water partition coefficient (Wildman–Crippen LogP) is 7.67. The number of aryl methyl sites for hydroxylation is 2. The lowest BCUT2D eigenvalue weighted by molar-refractivity contribution is 0.0107. The Hall–Kier alpha value is -4.19. The fourth-order valence-corrected chi connectivity index (χ4v) is 8.54. The van der Waals surface area contributed by atoms with Crippen LogP contribution in [0.5, 0.6) is 5.88 Å². The monoisotopic (exact) mass is 719 g/mol. The molecule has 2 amide bonds. The minimum absolute atomic E-state index is 0.0241. The van der Waals surface area contributed by atoms with Gasteiger partial charge < -0.3 is 19.7 Å². The summed E-state index contributed by atoms with van der Waals surface area (Å²) in [5, 5.41) is 2.98. The van der Waals surface area contributed by atoms with E-state index in [0.717, 1.165) is 29.5 Å². The Labute approximate surface area is 303 Å². The van der Waals surface area contributed by atoms with Crippen molar-refractivity contribution >= 4 is 28.0 Å². The first-order valence-electron chi connectivity index (χ1n) is 17.6. The SMILES string of the molecule is Cc1cccc(C)c1-c1cc2nc(n1)NS(=O)(=O)c1cccc(c1)C(=O)N(C(C)C[C@]1(C)C[C@@H](NC(=O)OC(C)(C)C)C1)[C@H](CC(C)(C)C)CO2. The Morgan fingerprint density at radius 3 is 2.33 bits per heavy atom. The molecular weight excluding hydrogens is 667 g/mol. The highest BCUT2D eigenvalue weighted by Gasteiger charge is 2.45. The van der Waals surface area contributed by atoms with E-state index in [4.69, 9.17) is 9.47 Å². The minimum Gasteiger partial charge on any atom is -0.475 e. The second-order valence-electron chi connectivity index (χ2n) is 16.9. The third kappa shape index (κ3) is 9.38. The quantitative estimate of drug-likeness (QED) is 0.265. The summed E-state index contributed by atoms with van der Waals surface area (Å²) in [6.07, 6.45) is 2.32. The number of amides is 2. The number of carbonyl (C=O) groups is 2. The van der Waals surface area contributed by atoms with Crippen LogP contribution >= 0.6 is 0 Å². The molecule has 51 heavy (non-hydrogen) atoms. The van der Waals surface area contributed by atoms with E-state index in [0.29, 0.717) is 18.5 Å². The van der Waals surface area contributed by atoms with Crippen LogP contribution in [0, 0.1) is 24.7 Å². The van der Waals surface area contributed by atoms with Crippen LogP contribution in [-0.4, -0.2) is 65.6 Å². The molecule has 0 spiro atoms. The van der Waals surface area contributed by atoms with Gasteiger partial charge in [0.1, 0.15) is 12.2 Å². The molecule has 4 bridgehead atoms. The zero-order chi connectivity index (χ0) is 37.5. The number of anilines is 1. The molecule has 1 aliphatic carbocycles. The minimum atomic E-state index is -4.18. The zero-order valence-electron chi connectivity index (χ0n) is 31.6. The number of aromatic nitrogens is 2. The maximum absolute atomic E-state index is 14.7. The fraction of sp³-hybridized carbons (Fsp3) is 0.538. The molecule has 0 saturated heterocycles. The number of nitrogens with zero attached hydrogens (tertiary/aromatic N) is 3. The van der Waals surface area contributed by atoms with Crippen molar-refractivity contribution in [3.05, 3.63) is 65.2 Å². The summed E-state index contributed by atoms with van der Waals surface area (Å²) in [5.41, 5.74) is 2.68. The molecule has 2 atom stereocenters. The van der Waals surface area contributed by atoms with Gasteiger partial charge in [-0.05, 0) is 107 Å². The van der Waals surface area contributed by atoms with Crippen LogP contribution < -0.4 is 14.8 Å². The molecule has 2 aliphatic rings. The van der Waals surface area contributed by atoms with E-state index in [9.17, 15) is 18.0 Å². The maximum atomic E-state index is 14.7. The molecule has 11 nitrogen and oxygen atoms in total. The molecular formula is C39H53N5O6S. The number of fused-ring (bicyclic) bond motifs is 4. The van der Waals surface area contributed by atoms with Gasteiger partial charge in [0.05, 0.1) is 16.6 Å². The van der Waals surface area contributed by atoms with Crippen LogP contribution in [0.2, 0.25) is 0 Å². The lowest BCUT2D eigenvalue weighted by Crippen LogP contribution is -2.55. The van der Waals surface area contributed by atoms with Crippen LogP contribution in [0.4, 0.5) is 10.7 Å². The van der Waals surface area contributed by atoms with Crippen molar-refractivity contribution in [2.24, 2.45) is 10.8 Å². The normalized spacial score (nSPS) is 22.5. The van der Waals surface area contributed by atoms with Crippen LogP contribution in [0.15, 0.2) is 53.4 Å². The number of nitrogens with one attached hydrogen (secondary N) is 2. The van der Waals surface area contributed by atoms with Crippen LogP contribution in [-0.2, 0) is 14.8 Å². The molecule has 1 saturated carbocycles. The highest BCUT2D eigenvalue weighted by Crippen LogP contribution is 2.46. The van der Waals surface area contributed by atoms with Gasteiger partial charge in [-0.15, -0.1) is 0 Å². The summed E-state index contributed by atoms with van der Waals surface area (Å²) in [4.78, 5) is 38.0. The highest BCUT2D eigenvalue weighted by molar-refractivity contribution is 7.92. The van der Waals surface area contributed by atoms with Gasteiger partial charge in [-0.25, -0.2) is 22.9 Å². The lowest BCUT2D eigenvalue weighted by Gasteiger charge is -2.49. The standard InChI is InChI=1S/C39H53N5O6S/c1-24-13-11-14-25(2)33(24)31-18-32-42-35(41-31)43-51(47,48)30-16-12-15-27(17-30)34(45)44(29(23-49-32)22-37(4,5)6)26(3)19-39(10)20-28(21-39)40-36(46)50-38(7,8)9/h11-18,26,28-29H,19-23H2,1-10H3,(H,40,46)(H,41,42,43)/t26?,28-,29-,39-/m1/s1. The number of hydrogen-bond donors (Lipinski definition) is 2. The topological polar surface area (TPSA) is 140 Å². The zero-order valence-corrected chi connectivity index (χ0v) is 32.4. The third-order valence-electron chi connectivity index (χ3n) is 9.42. The molecule has 2 heterocycles. The van der Waals surface area contributed by atoms with Crippen molar-refractivity contribution in [3.63, 3.8) is 0 Å². The first kappa shape index (κ1) is 38.1. The first-order chi connectivity index (χ1) is 23.6. The Bertz CT molecular complexity index is 1870. The van der Waals surface area contributed by atoms with Crippen molar-refractivity contribution in [1.82, 2.24) is 20.2 Å². The predicted molar refractivity (Wildman–Crippen MR) is 198 cm³/mol. The van der Waals surface area contributed by atoms with Gasteiger partial charge >= 0.3 is 6.09 Å². The fourth-order valence-electron chi connectivity index (χ4n) is 7.55. The summed E-state index contributed by atoms with van der Waals surface area (Å²) in [6.45, 7) is 20.2. The van der Waals surface area contributed by atoms with E-state index in [1.807, 2.05) is 64.6 Å². The molecule has 1 unspecified atom stereocenters. The first-order valence-corrected chi connectivity index (χ1v) is 19.1. The summed E-state index contributed by atoms with van der Waals surface area (Å²) in [5.74, 6) is -0.199. The van der Waals surface area contributed by atoms with E-state index in [1.54, 1.807) is 18.2 Å². The molecule has 5 rings (SSSR count). The van der Waals surface area contributed by atoms with Gasteiger partial charge in [-0.1, -0.05) is 52.0 Å². The highest BCUT2D eigenvalue weighted by atomic mass is 32.2. The molecule has 0 radical (unpaired) electrons. The molecule has 3 aromatic rings. The number of sulfonamides is 1. The van der Waals surface area contributed by atoms with Gasteiger partial charge in [0.25, 0.3) is 15.9 Å². The van der Waals surface area contributed by atoms with E-state index in [1.165, 1.54) is 12.1 Å². The van der Waals surface area contributed by atoms with Gasteiger partial charge in [-0.2, -0.15) is 4.98 Å². The van der Waals surface area contributed by atoms with Gasteiger partial charge in [0.15, 0.2) is 0 Å². The number of carbonyl (C=O) groups excluding carboxylic acids is 2. The molecule has 2 N–H and O–H groups in total. The molecule has 1 aliphatic heterocycles. The average Bonchev–Trinajstić information content (AvgIpc) is 2.97. The lowest BCUT2D eigenvalue weighted by atomic mass is 9.63. The Morgan fingerprint density at radius 1 is 1.06 bits per heavy atom. The van der Waals surface area contributed by atoms with Crippen molar-refractivity contribution in [1.29, 1.82) is 0 Å². The largest absolute Gasteiger partial charge is 0.475 e. The van der Waals surface area contributed by atoms with E-state index in [-0.39, 0.29) is 63.8 Å². The third-order valence-corrected chi connectivity index (χ3v) is 10.7. The summed E-state index contributed by atoms with van der Waals surface area (Å²) in [6, 6.07) is 13.1. The molecule has 12 heteroatoms. The summed E-state index contributed by atoms with van der Waals surface area (Å²) < 4.78 is 41.9. The number of alkyl carbamates (subject to hydrolysis) is 1.